The van der Waals surface area contributed by atoms with Crippen molar-refractivity contribution < 1.29 is 0 Å². The van der Waals surface area contributed by atoms with Gasteiger partial charge in [-0.3, -0.25) is 0 Å². The molecule has 0 aliphatic rings. The van der Waals surface area contributed by atoms with E-state index in [9.17, 15) is 0 Å². The van der Waals surface area contributed by atoms with Crippen molar-refractivity contribution in [3.05, 3.63) is 81.7 Å². The summed E-state index contributed by atoms with van der Waals surface area (Å²) < 4.78 is 0. The maximum Gasteiger partial charge on any atom is 0.0510 e. The van der Waals surface area contributed by atoms with Crippen LogP contribution in [0.3, 0.4) is 0 Å². The Hall–Kier alpha value is -2.25. The molecule has 0 aromatic heterocycles. The zero-order valence-electron chi connectivity index (χ0n) is 13.3. The molecule has 0 amide bonds. The topological polar surface area (TPSA) is 48.8 Å². The summed E-state index contributed by atoms with van der Waals surface area (Å²) >= 11 is 0. The van der Waals surface area contributed by atoms with Crippen LogP contribution >= 0.6 is 0 Å². The van der Waals surface area contributed by atoms with Gasteiger partial charge in [-0.2, -0.15) is 0 Å². The third kappa shape index (κ3) is 4.37. The molecule has 2 atom stereocenters. The summed E-state index contributed by atoms with van der Waals surface area (Å²) in [6.45, 7) is 4.97. The molecule has 3 nitrogen and oxygen atoms in total. The molecule has 0 radical (unpaired) electrons. The fraction of sp³-hybridized carbons (Fsp3) is 0.368. The average molecular weight is 293 g/mol. The highest BCUT2D eigenvalue weighted by Gasteiger charge is 2.14. The number of azide groups is 1. The van der Waals surface area contributed by atoms with Crippen LogP contribution in [0.4, 0.5) is 0 Å². The molecule has 2 unspecified atom stereocenters. The van der Waals surface area contributed by atoms with E-state index in [1.54, 1.807) is 0 Å². The van der Waals surface area contributed by atoms with Crippen LogP contribution in [0.2, 0.25) is 0 Å². The van der Waals surface area contributed by atoms with Gasteiger partial charge in [0.05, 0.1) is 6.54 Å². The van der Waals surface area contributed by atoms with Crippen LogP contribution in [0.25, 0.3) is 10.4 Å². The second-order valence-electron chi connectivity index (χ2n) is 5.78. The fourth-order valence-corrected chi connectivity index (χ4v) is 2.89. The Morgan fingerprint density at radius 1 is 1.00 bits per heavy atom. The van der Waals surface area contributed by atoms with E-state index in [0.29, 0.717) is 18.4 Å². The van der Waals surface area contributed by atoms with Crippen molar-refractivity contribution >= 4 is 0 Å². The van der Waals surface area contributed by atoms with Crippen molar-refractivity contribution in [3.63, 3.8) is 0 Å². The van der Waals surface area contributed by atoms with E-state index in [-0.39, 0.29) is 0 Å². The van der Waals surface area contributed by atoms with E-state index < -0.39 is 0 Å². The predicted octanol–water partition coefficient (Wildman–Crippen LogP) is 6.18. The van der Waals surface area contributed by atoms with Crippen molar-refractivity contribution in [3.8, 4) is 0 Å². The van der Waals surface area contributed by atoms with Gasteiger partial charge in [0.2, 0.25) is 0 Å². The third-order valence-electron chi connectivity index (χ3n) is 4.27. The molecule has 0 spiro atoms. The molecular weight excluding hydrogens is 270 g/mol. The van der Waals surface area contributed by atoms with Crippen LogP contribution in [-0.4, -0.2) is 0 Å². The Morgan fingerprint density at radius 2 is 1.68 bits per heavy atom. The SMILES string of the molecule is CCC(CC(C)c1ccc(CN=[N+]=[N-])cc1)c1ccccc1. The second-order valence-corrected chi connectivity index (χ2v) is 5.78. The van der Waals surface area contributed by atoms with Crippen molar-refractivity contribution in [2.75, 3.05) is 0 Å². The van der Waals surface area contributed by atoms with Crippen molar-refractivity contribution in [1.82, 2.24) is 0 Å². The first-order valence-corrected chi connectivity index (χ1v) is 7.89. The molecule has 3 heteroatoms. The van der Waals surface area contributed by atoms with E-state index in [2.05, 4.69) is 78.5 Å². The van der Waals surface area contributed by atoms with Crippen molar-refractivity contribution in [2.24, 2.45) is 5.11 Å². The van der Waals surface area contributed by atoms with Gasteiger partial charge in [0, 0.05) is 4.91 Å². The lowest BCUT2D eigenvalue weighted by Crippen LogP contribution is -2.03. The van der Waals surface area contributed by atoms with Gasteiger partial charge in [0.25, 0.3) is 0 Å². The molecule has 114 valence electrons. The highest BCUT2D eigenvalue weighted by atomic mass is 15.1. The van der Waals surface area contributed by atoms with Crippen LogP contribution in [0.5, 0.6) is 0 Å². The summed E-state index contributed by atoms with van der Waals surface area (Å²) in [5, 5.41) is 3.60. The largest absolute Gasteiger partial charge is 0.0893 e. The van der Waals surface area contributed by atoms with E-state index in [1.807, 2.05) is 0 Å². The summed E-state index contributed by atoms with van der Waals surface area (Å²) in [4.78, 5) is 2.80. The van der Waals surface area contributed by atoms with Crippen LogP contribution in [0.1, 0.15) is 55.2 Å². The molecule has 2 aromatic carbocycles. The zero-order chi connectivity index (χ0) is 15.8. The van der Waals surface area contributed by atoms with E-state index >= 15 is 0 Å². The summed E-state index contributed by atoms with van der Waals surface area (Å²) in [5.41, 5.74) is 12.2. The predicted molar refractivity (Wildman–Crippen MR) is 91.8 cm³/mol. The molecule has 22 heavy (non-hydrogen) atoms. The van der Waals surface area contributed by atoms with Gasteiger partial charge in [-0.15, -0.1) is 0 Å². The zero-order valence-corrected chi connectivity index (χ0v) is 13.3. The van der Waals surface area contributed by atoms with Crippen molar-refractivity contribution in [1.29, 1.82) is 0 Å². The minimum atomic E-state index is 0.423. The fourth-order valence-electron chi connectivity index (χ4n) is 2.89. The number of hydrogen-bond acceptors (Lipinski definition) is 1. The Bertz CT molecular complexity index is 613. The van der Waals surface area contributed by atoms with E-state index in [0.717, 1.165) is 18.4 Å². The Morgan fingerprint density at radius 3 is 2.27 bits per heavy atom. The standard InChI is InChI=1S/C19H23N3/c1-3-17(19-7-5-4-6-8-19)13-15(2)18-11-9-16(10-12-18)14-21-22-20/h4-12,15,17H,3,13-14H2,1-2H3. The van der Waals surface area contributed by atoms with Gasteiger partial charge < -0.3 is 0 Å². The lowest BCUT2D eigenvalue weighted by Gasteiger charge is -2.20. The lowest BCUT2D eigenvalue weighted by atomic mass is 9.84. The highest BCUT2D eigenvalue weighted by Crippen LogP contribution is 2.31. The quantitative estimate of drug-likeness (QED) is 0.332. The Balaban J connectivity index is 2.04. The number of benzene rings is 2. The van der Waals surface area contributed by atoms with Crippen LogP contribution in [0, 0.1) is 0 Å². The summed E-state index contributed by atoms with van der Waals surface area (Å²) in [6, 6.07) is 19.2. The molecule has 2 rings (SSSR count). The minimum absolute atomic E-state index is 0.423. The smallest absolute Gasteiger partial charge is 0.0510 e. The molecule has 0 fully saturated rings. The normalized spacial score (nSPS) is 13.2. The summed E-state index contributed by atoms with van der Waals surface area (Å²) in [5.74, 6) is 1.11. The maximum absolute atomic E-state index is 8.36. The molecule has 0 heterocycles. The van der Waals surface area contributed by atoms with Gasteiger partial charge >= 0.3 is 0 Å². The first kappa shape index (κ1) is 16.1. The molecule has 0 bridgehead atoms. The monoisotopic (exact) mass is 293 g/mol. The molecule has 2 aromatic rings. The second kappa shape index (κ2) is 8.26. The lowest BCUT2D eigenvalue weighted by molar-refractivity contribution is 0.544. The van der Waals surface area contributed by atoms with Gasteiger partial charge in [-0.05, 0) is 46.9 Å². The minimum Gasteiger partial charge on any atom is -0.0893 e. The first-order chi connectivity index (χ1) is 10.7. The van der Waals surface area contributed by atoms with Gasteiger partial charge in [0.1, 0.15) is 0 Å². The molecule has 0 aliphatic carbocycles. The highest BCUT2D eigenvalue weighted by molar-refractivity contribution is 5.26. The van der Waals surface area contributed by atoms with Gasteiger partial charge in [-0.1, -0.05) is 73.6 Å². The maximum atomic E-state index is 8.36. The number of hydrogen-bond donors (Lipinski definition) is 0. The van der Waals surface area contributed by atoms with Crippen LogP contribution in [0.15, 0.2) is 59.7 Å². The number of rotatable bonds is 7. The van der Waals surface area contributed by atoms with Crippen molar-refractivity contribution in [2.45, 2.75) is 45.1 Å². The van der Waals surface area contributed by atoms with Gasteiger partial charge in [-0.25, -0.2) is 0 Å². The Labute approximate surface area is 132 Å². The van der Waals surface area contributed by atoms with E-state index in [1.165, 1.54) is 11.1 Å². The summed E-state index contributed by atoms with van der Waals surface area (Å²) in [7, 11) is 0. The summed E-state index contributed by atoms with van der Waals surface area (Å²) in [6.07, 6.45) is 2.31. The third-order valence-corrected chi connectivity index (χ3v) is 4.27. The molecule has 0 aliphatic heterocycles. The van der Waals surface area contributed by atoms with Gasteiger partial charge in [0.15, 0.2) is 0 Å². The average Bonchev–Trinajstić information content (AvgIpc) is 2.58. The Kier molecular flexibility index (Phi) is 6.05. The molecule has 0 saturated heterocycles. The molecule has 0 N–H and O–H groups in total. The molecular formula is C19H23N3. The van der Waals surface area contributed by atoms with E-state index in [4.69, 9.17) is 5.53 Å². The van der Waals surface area contributed by atoms with Crippen LogP contribution in [-0.2, 0) is 6.54 Å². The van der Waals surface area contributed by atoms with Crippen LogP contribution < -0.4 is 0 Å². The first-order valence-electron chi connectivity index (χ1n) is 7.89. The number of nitrogens with zero attached hydrogens (tertiary/aromatic N) is 3. The molecule has 0 saturated carbocycles.